The molecule has 1 saturated carbocycles. The molecule has 4 nitrogen and oxygen atoms in total. The molecule has 4 heteroatoms. The average Bonchev–Trinajstić information content (AvgIpc) is 2.99. The first kappa shape index (κ1) is 14.9. The fraction of sp³-hybridized carbons (Fsp3) is 0.824. The van der Waals surface area contributed by atoms with Crippen molar-refractivity contribution in [3.63, 3.8) is 0 Å². The van der Waals surface area contributed by atoms with Crippen LogP contribution in [0.3, 0.4) is 0 Å². The summed E-state index contributed by atoms with van der Waals surface area (Å²) in [7, 11) is 0. The lowest BCUT2D eigenvalue weighted by Gasteiger charge is -2.36. The number of nitrogens with one attached hydrogen (secondary N) is 2. The summed E-state index contributed by atoms with van der Waals surface area (Å²) < 4.78 is 5.32. The predicted molar refractivity (Wildman–Crippen MR) is 82.6 cm³/mol. The van der Waals surface area contributed by atoms with Gasteiger partial charge < -0.3 is 4.74 Å². The second-order valence-corrected chi connectivity index (χ2v) is 7.79. The van der Waals surface area contributed by atoms with Crippen molar-refractivity contribution in [1.29, 1.82) is 0 Å². The lowest BCUT2D eigenvalue weighted by atomic mass is 9.75. The first-order valence-electron chi connectivity index (χ1n) is 8.39. The Balaban J connectivity index is 1.65. The first-order valence-corrected chi connectivity index (χ1v) is 8.39. The van der Waals surface area contributed by atoms with Crippen molar-refractivity contribution in [2.75, 3.05) is 0 Å². The van der Waals surface area contributed by atoms with Gasteiger partial charge >= 0.3 is 6.09 Å². The van der Waals surface area contributed by atoms with Crippen molar-refractivity contribution < 1.29 is 9.53 Å². The number of amides is 1. The minimum Gasteiger partial charge on any atom is -0.443 e. The molecular weight excluding hydrogens is 264 g/mol. The molecule has 21 heavy (non-hydrogen) atoms. The fourth-order valence-electron chi connectivity index (χ4n) is 4.41. The average molecular weight is 292 g/mol. The Morgan fingerprint density at radius 2 is 2.00 bits per heavy atom. The Morgan fingerprint density at radius 3 is 2.76 bits per heavy atom. The summed E-state index contributed by atoms with van der Waals surface area (Å²) >= 11 is 0. The SMILES string of the molecule is CC(C)(C)OC(=O)NNC1C2=C(CCC2)CC2CCCC21. The molecule has 1 amide bonds. The second-order valence-electron chi connectivity index (χ2n) is 7.79. The normalized spacial score (nSPS) is 31.9. The van der Waals surface area contributed by atoms with Gasteiger partial charge in [0.05, 0.1) is 6.04 Å². The van der Waals surface area contributed by atoms with E-state index in [-0.39, 0.29) is 6.09 Å². The standard InChI is InChI=1S/C17H28N2O2/c1-17(2,3)21-16(20)19-18-15-13-8-4-6-11(13)10-12-7-5-9-14(12)15/h11,13,15,18H,4-10H2,1-3H3,(H,19,20). The van der Waals surface area contributed by atoms with Gasteiger partial charge in [-0.25, -0.2) is 10.2 Å². The van der Waals surface area contributed by atoms with Crippen molar-refractivity contribution in [2.24, 2.45) is 11.8 Å². The number of hydrogen-bond acceptors (Lipinski definition) is 3. The molecule has 3 atom stereocenters. The van der Waals surface area contributed by atoms with E-state index in [1.165, 1.54) is 44.9 Å². The van der Waals surface area contributed by atoms with Crippen molar-refractivity contribution in [1.82, 2.24) is 10.9 Å². The van der Waals surface area contributed by atoms with Gasteiger partial charge in [-0.1, -0.05) is 17.6 Å². The number of ether oxygens (including phenoxy) is 1. The van der Waals surface area contributed by atoms with Gasteiger partial charge in [-0.3, -0.25) is 5.43 Å². The van der Waals surface area contributed by atoms with Crippen LogP contribution < -0.4 is 10.9 Å². The smallest absolute Gasteiger partial charge is 0.422 e. The van der Waals surface area contributed by atoms with E-state index in [0.29, 0.717) is 12.0 Å². The van der Waals surface area contributed by atoms with Gasteiger partial charge in [0.1, 0.15) is 5.60 Å². The van der Waals surface area contributed by atoms with Crippen LogP contribution in [0.25, 0.3) is 0 Å². The van der Waals surface area contributed by atoms with Gasteiger partial charge in [0, 0.05) is 0 Å². The molecule has 0 radical (unpaired) electrons. The van der Waals surface area contributed by atoms with Crippen LogP contribution in [0.5, 0.6) is 0 Å². The molecule has 3 rings (SSSR count). The lowest BCUT2D eigenvalue weighted by Crippen LogP contribution is -2.51. The summed E-state index contributed by atoms with van der Waals surface area (Å²) in [6.07, 6.45) is 8.67. The first-order chi connectivity index (χ1) is 9.94. The topological polar surface area (TPSA) is 50.4 Å². The minimum absolute atomic E-state index is 0.330. The number of carbonyl (C=O) groups excluding carboxylic acids is 1. The van der Waals surface area contributed by atoms with E-state index in [2.05, 4.69) is 10.9 Å². The third-order valence-electron chi connectivity index (χ3n) is 5.14. The Morgan fingerprint density at radius 1 is 1.19 bits per heavy atom. The molecular formula is C17H28N2O2. The van der Waals surface area contributed by atoms with E-state index in [9.17, 15) is 4.79 Å². The molecule has 3 unspecified atom stereocenters. The number of fused-ring (bicyclic) bond motifs is 1. The van der Waals surface area contributed by atoms with Crippen LogP contribution in [0, 0.1) is 11.8 Å². The van der Waals surface area contributed by atoms with Gasteiger partial charge in [0.2, 0.25) is 0 Å². The molecule has 0 aromatic heterocycles. The van der Waals surface area contributed by atoms with E-state index >= 15 is 0 Å². The van der Waals surface area contributed by atoms with Crippen LogP contribution in [0.4, 0.5) is 4.79 Å². The quantitative estimate of drug-likeness (QED) is 0.603. The van der Waals surface area contributed by atoms with Crippen LogP contribution in [-0.4, -0.2) is 17.7 Å². The van der Waals surface area contributed by atoms with E-state index in [4.69, 9.17) is 4.74 Å². The van der Waals surface area contributed by atoms with Crippen molar-refractivity contribution in [2.45, 2.75) is 77.4 Å². The predicted octanol–water partition coefficient (Wildman–Crippen LogP) is 3.68. The molecule has 2 N–H and O–H groups in total. The van der Waals surface area contributed by atoms with E-state index < -0.39 is 5.60 Å². The molecule has 1 fully saturated rings. The summed E-state index contributed by atoms with van der Waals surface area (Å²) in [5.41, 5.74) is 8.89. The summed E-state index contributed by atoms with van der Waals surface area (Å²) in [5.74, 6) is 1.51. The molecule has 0 aromatic rings. The minimum atomic E-state index is -0.452. The fourth-order valence-corrected chi connectivity index (χ4v) is 4.41. The van der Waals surface area contributed by atoms with Crippen LogP contribution in [0.2, 0.25) is 0 Å². The Labute approximate surface area is 127 Å². The largest absolute Gasteiger partial charge is 0.443 e. The summed E-state index contributed by atoms with van der Waals surface area (Å²) in [6.45, 7) is 5.66. The maximum Gasteiger partial charge on any atom is 0.422 e. The van der Waals surface area contributed by atoms with Gasteiger partial charge in [-0.05, 0) is 71.1 Å². The number of carbonyl (C=O) groups is 1. The molecule has 3 aliphatic rings. The monoisotopic (exact) mass is 292 g/mol. The van der Waals surface area contributed by atoms with Gasteiger partial charge in [0.25, 0.3) is 0 Å². The van der Waals surface area contributed by atoms with Gasteiger partial charge in [0.15, 0.2) is 0 Å². The number of rotatable bonds is 2. The van der Waals surface area contributed by atoms with Crippen LogP contribution >= 0.6 is 0 Å². The molecule has 0 spiro atoms. The highest BCUT2D eigenvalue weighted by molar-refractivity contribution is 5.67. The molecule has 0 saturated heterocycles. The Kier molecular flexibility index (Phi) is 4.00. The van der Waals surface area contributed by atoms with Crippen LogP contribution in [0.15, 0.2) is 11.1 Å². The number of hydrogen-bond donors (Lipinski definition) is 2. The molecule has 0 heterocycles. The Bertz CT molecular complexity index is 450. The Hall–Kier alpha value is -1.03. The highest BCUT2D eigenvalue weighted by Crippen LogP contribution is 2.48. The molecule has 0 aromatic carbocycles. The van der Waals surface area contributed by atoms with E-state index in [1.807, 2.05) is 20.8 Å². The number of allylic oxidation sites excluding steroid dienone is 1. The molecule has 0 aliphatic heterocycles. The van der Waals surface area contributed by atoms with E-state index in [1.54, 1.807) is 11.1 Å². The van der Waals surface area contributed by atoms with Crippen LogP contribution in [-0.2, 0) is 4.74 Å². The van der Waals surface area contributed by atoms with Crippen LogP contribution in [0.1, 0.15) is 65.7 Å². The van der Waals surface area contributed by atoms with Crippen molar-refractivity contribution in [3.05, 3.63) is 11.1 Å². The zero-order valence-electron chi connectivity index (χ0n) is 13.5. The van der Waals surface area contributed by atoms with Crippen molar-refractivity contribution in [3.8, 4) is 0 Å². The van der Waals surface area contributed by atoms with Crippen molar-refractivity contribution >= 4 is 6.09 Å². The molecule has 0 bridgehead atoms. The summed E-state index contributed by atoms with van der Waals surface area (Å²) in [4.78, 5) is 11.9. The molecule has 118 valence electrons. The zero-order chi connectivity index (χ0) is 15.0. The molecule has 3 aliphatic carbocycles. The highest BCUT2D eigenvalue weighted by Gasteiger charge is 2.41. The maximum atomic E-state index is 11.9. The second kappa shape index (κ2) is 5.64. The summed E-state index contributed by atoms with van der Waals surface area (Å²) in [5, 5.41) is 0. The third kappa shape index (κ3) is 3.25. The maximum absolute atomic E-state index is 11.9. The third-order valence-corrected chi connectivity index (χ3v) is 5.14. The summed E-state index contributed by atoms with van der Waals surface area (Å²) in [6, 6.07) is 0.330. The van der Waals surface area contributed by atoms with E-state index in [0.717, 1.165) is 5.92 Å². The van der Waals surface area contributed by atoms with Gasteiger partial charge in [-0.15, -0.1) is 0 Å². The highest BCUT2D eigenvalue weighted by atomic mass is 16.6. The van der Waals surface area contributed by atoms with Gasteiger partial charge in [-0.2, -0.15) is 0 Å². The zero-order valence-corrected chi connectivity index (χ0v) is 13.5. The lowest BCUT2D eigenvalue weighted by molar-refractivity contribution is 0.0479. The number of hydrazine groups is 1.